The van der Waals surface area contributed by atoms with E-state index in [1.807, 2.05) is 9.80 Å². The molecule has 6 nitrogen and oxygen atoms in total. The highest BCUT2D eigenvalue weighted by molar-refractivity contribution is 5.89. The number of piperazine rings is 1. The Kier molecular flexibility index (Phi) is 7.78. The minimum absolute atomic E-state index is 0. The molecule has 138 valence electrons. The van der Waals surface area contributed by atoms with Crippen LogP contribution in [0.25, 0.3) is 0 Å². The third-order valence-corrected chi connectivity index (χ3v) is 5.17. The average Bonchev–Trinajstić information content (AvgIpc) is 2.90. The summed E-state index contributed by atoms with van der Waals surface area (Å²) in [7, 11) is 0. The Bertz CT molecular complexity index is 421. The first-order valence-corrected chi connectivity index (χ1v) is 9.15. The van der Waals surface area contributed by atoms with E-state index in [-0.39, 0.29) is 36.4 Å². The quantitative estimate of drug-likeness (QED) is 0.818. The van der Waals surface area contributed by atoms with Gasteiger partial charge >= 0.3 is 0 Å². The van der Waals surface area contributed by atoms with Crippen LogP contribution in [0.15, 0.2) is 0 Å². The van der Waals surface area contributed by atoms with E-state index < -0.39 is 0 Å². The van der Waals surface area contributed by atoms with Gasteiger partial charge in [0, 0.05) is 39.3 Å². The lowest BCUT2D eigenvalue weighted by Crippen LogP contribution is -2.57. The van der Waals surface area contributed by atoms with Gasteiger partial charge in [0.2, 0.25) is 11.8 Å². The Morgan fingerprint density at radius 3 is 2.54 bits per heavy atom. The number of hydrogen-bond donors (Lipinski definition) is 1. The number of amides is 2. The van der Waals surface area contributed by atoms with Crippen LogP contribution in [-0.2, 0) is 14.3 Å². The number of halogens is 1. The number of hydrogen-bond acceptors (Lipinski definition) is 4. The summed E-state index contributed by atoms with van der Waals surface area (Å²) in [5.41, 5.74) is 0. The molecular formula is C17H30ClN3O3. The molecule has 3 rings (SSSR count). The summed E-state index contributed by atoms with van der Waals surface area (Å²) in [5, 5.41) is 3.23. The Balaban J connectivity index is 0.00000208. The summed E-state index contributed by atoms with van der Waals surface area (Å²) in [5.74, 6) is 0.187. The van der Waals surface area contributed by atoms with E-state index in [4.69, 9.17) is 4.74 Å². The molecule has 0 saturated carbocycles. The van der Waals surface area contributed by atoms with Gasteiger partial charge in [-0.1, -0.05) is 12.8 Å². The highest BCUT2D eigenvalue weighted by Crippen LogP contribution is 2.17. The van der Waals surface area contributed by atoms with Gasteiger partial charge < -0.3 is 19.9 Å². The molecule has 0 aromatic heterocycles. The molecule has 0 bridgehead atoms. The van der Waals surface area contributed by atoms with E-state index in [1.54, 1.807) is 0 Å². The van der Waals surface area contributed by atoms with Crippen LogP contribution in [0.1, 0.15) is 44.9 Å². The molecule has 2 atom stereocenters. The predicted octanol–water partition coefficient (Wildman–Crippen LogP) is 1.18. The summed E-state index contributed by atoms with van der Waals surface area (Å²) in [6.45, 7) is 4.65. The molecule has 2 unspecified atom stereocenters. The van der Waals surface area contributed by atoms with Gasteiger partial charge in [-0.15, -0.1) is 12.4 Å². The fourth-order valence-electron chi connectivity index (χ4n) is 3.79. The van der Waals surface area contributed by atoms with Crippen molar-refractivity contribution in [1.82, 2.24) is 15.1 Å². The van der Waals surface area contributed by atoms with E-state index in [1.165, 1.54) is 12.8 Å². The van der Waals surface area contributed by atoms with E-state index in [0.29, 0.717) is 19.5 Å². The Morgan fingerprint density at radius 2 is 1.88 bits per heavy atom. The normalized spacial score (nSPS) is 28.4. The highest BCUT2D eigenvalue weighted by Gasteiger charge is 2.33. The van der Waals surface area contributed by atoms with Gasteiger partial charge in [-0.25, -0.2) is 0 Å². The predicted molar refractivity (Wildman–Crippen MR) is 94.3 cm³/mol. The smallest absolute Gasteiger partial charge is 0.240 e. The van der Waals surface area contributed by atoms with Crippen molar-refractivity contribution in [3.8, 4) is 0 Å². The lowest BCUT2D eigenvalue weighted by atomic mass is 10.1. The zero-order valence-electron chi connectivity index (χ0n) is 14.4. The van der Waals surface area contributed by atoms with Crippen molar-refractivity contribution in [1.29, 1.82) is 0 Å². The fraction of sp³-hybridized carbons (Fsp3) is 0.882. The van der Waals surface area contributed by atoms with Crippen LogP contribution >= 0.6 is 12.4 Å². The van der Waals surface area contributed by atoms with Gasteiger partial charge in [0.1, 0.15) is 0 Å². The molecule has 7 heteroatoms. The maximum Gasteiger partial charge on any atom is 0.240 e. The molecule has 24 heavy (non-hydrogen) atoms. The third kappa shape index (κ3) is 5.07. The average molecular weight is 360 g/mol. The van der Waals surface area contributed by atoms with E-state index >= 15 is 0 Å². The van der Waals surface area contributed by atoms with Gasteiger partial charge in [0.15, 0.2) is 0 Å². The largest absolute Gasteiger partial charge is 0.376 e. The molecule has 3 aliphatic heterocycles. The number of carbonyl (C=O) groups excluding carboxylic acids is 2. The number of ether oxygens (including phenoxy) is 1. The second-order valence-corrected chi connectivity index (χ2v) is 6.93. The van der Waals surface area contributed by atoms with Gasteiger partial charge in [-0.3, -0.25) is 9.59 Å². The van der Waals surface area contributed by atoms with E-state index in [9.17, 15) is 9.59 Å². The number of carbonyl (C=O) groups is 2. The van der Waals surface area contributed by atoms with Crippen LogP contribution in [0, 0.1) is 0 Å². The Labute approximate surface area is 150 Å². The number of nitrogens with one attached hydrogen (secondary N) is 1. The molecule has 1 N–H and O–H groups in total. The summed E-state index contributed by atoms with van der Waals surface area (Å²) >= 11 is 0. The van der Waals surface area contributed by atoms with Crippen LogP contribution < -0.4 is 5.32 Å². The minimum atomic E-state index is -0.360. The molecule has 3 fully saturated rings. The second kappa shape index (κ2) is 9.59. The lowest BCUT2D eigenvalue weighted by Gasteiger charge is -2.35. The zero-order valence-corrected chi connectivity index (χ0v) is 15.2. The molecule has 0 aromatic rings. The van der Waals surface area contributed by atoms with Crippen molar-refractivity contribution >= 4 is 24.2 Å². The summed E-state index contributed by atoms with van der Waals surface area (Å²) in [6, 6.07) is -0.360. The maximum atomic E-state index is 12.6. The topological polar surface area (TPSA) is 61.9 Å². The minimum Gasteiger partial charge on any atom is -0.376 e. The first-order valence-electron chi connectivity index (χ1n) is 9.15. The number of rotatable bonds is 4. The van der Waals surface area contributed by atoms with Gasteiger partial charge in [-0.05, 0) is 25.7 Å². The first-order chi connectivity index (χ1) is 11.2. The Morgan fingerprint density at radius 1 is 1.12 bits per heavy atom. The molecule has 2 amide bonds. The van der Waals surface area contributed by atoms with Crippen molar-refractivity contribution in [2.24, 2.45) is 0 Å². The third-order valence-electron chi connectivity index (χ3n) is 5.17. The monoisotopic (exact) mass is 359 g/mol. The second-order valence-electron chi connectivity index (χ2n) is 6.93. The zero-order chi connectivity index (χ0) is 16.1. The van der Waals surface area contributed by atoms with Crippen LogP contribution in [0.3, 0.4) is 0 Å². The van der Waals surface area contributed by atoms with Crippen molar-refractivity contribution in [2.45, 2.75) is 57.1 Å². The van der Waals surface area contributed by atoms with Crippen molar-refractivity contribution in [3.63, 3.8) is 0 Å². The lowest BCUT2D eigenvalue weighted by molar-refractivity contribution is -0.142. The van der Waals surface area contributed by atoms with Crippen molar-refractivity contribution in [3.05, 3.63) is 0 Å². The van der Waals surface area contributed by atoms with Crippen LogP contribution in [0.4, 0.5) is 0 Å². The Hall–Kier alpha value is -0.850. The van der Waals surface area contributed by atoms with Gasteiger partial charge in [0.25, 0.3) is 0 Å². The van der Waals surface area contributed by atoms with Crippen molar-refractivity contribution in [2.75, 3.05) is 39.3 Å². The van der Waals surface area contributed by atoms with Crippen LogP contribution in [0.2, 0.25) is 0 Å². The fourth-order valence-corrected chi connectivity index (χ4v) is 3.79. The molecule has 0 aromatic carbocycles. The summed E-state index contributed by atoms with van der Waals surface area (Å²) in [4.78, 5) is 29.0. The standard InChI is InChI=1S/C17H29N3O3.ClH/c21-16(19-8-3-1-2-4-9-19)12-15-17(22)20(10-7-18-15)13-14-6-5-11-23-14;/h14-15,18H,1-13H2;1H. The van der Waals surface area contributed by atoms with Crippen molar-refractivity contribution < 1.29 is 14.3 Å². The molecule has 0 spiro atoms. The number of likely N-dealkylation sites (tertiary alicyclic amines) is 1. The molecule has 0 radical (unpaired) electrons. The summed E-state index contributed by atoms with van der Waals surface area (Å²) < 4.78 is 5.64. The highest BCUT2D eigenvalue weighted by atomic mass is 35.5. The van der Waals surface area contributed by atoms with Crippen LogP contribution in [0.5, 0.6) is 0 Å². The van der Waals surface area contributed by atoms with Gasteiger partial charge in [-0.2, -0.15) is 0 Å². The molecular weight excluding hydrogens is 330 g/mol. The van der Waals surface area contributed by atoms with Gasteiger partial charge in [0.05, 0.1) is 18.6 Å². The maximum absolute atomic E-state index is 12.6. The van der Waals surface area contributed by atoms with E-state index in [0.717, 1.165) is 51.9 Å². The van der Waals surface area contributed by atoms with E-state index in [2.05, 4.69) is 5.32 Å². The molecule has 3 aliphatic rings. The first kappa shape index (κ1) is 19.5. The van der Waals surface area contributed by atoms with Crippen LogP contribution in [-0.4, -0.2) is 73.1 Å². The SMILES string of the molecule is Cl.O=C(CC1NCCN(CC2CCCO2)C1=O)N1CCCCCC1. The number of nitrogens with zero attached hydrogens (tertiary/aromatic N) is 2. The molecule has 0 aliphatic carbocycles. The summed E-state index contributed by atoms with van der Waals surface area (Å²) in [6.07, 6.45) is 7.18. The molecule has 3 heterocycles. The molecule has 3 saturated heterocycles.